The van der Waals surface area contributed by atoms with E-state index >= 15 is 0 Å². The fraction of sp³-hybridized carbons (Fsp3) is 0.455. The Balaban J connectivity index is 2.68. The first-order chi connectivity index (χ1) is 6.38. The maximum atomic E-state index is 6.09. The largest absolute Gasteiger partial charge is 0.326 e. The van der Waals surface area contributed by atoms with E-state index in [1.807, 2.05) is 32.0 Å². The van der Waals surface area contributed by atoms with Crippen molar-refractivity contribution in [2.75, 3.05) is 0 Å². The van der Waals surface area contributed by atoms with Crippen LogP contribution < -0.4 is 5.73 Å². The number of hydrogen-bond acceptors (Lipinski definition) is 1. The lowest BCUT2D eigenvalue weighted by molar-refractivity contribution is 0.477. The fourth-order valence-corrected chi connectivity index (χ4v) is 1.95. The van der Waals surface area contributed by atoms with Crippen LogP contribution in [-0.4, -0.2) is 5.54 Å². The molecule has 0 saturated heterocycles. The summed E-state index contributed by atoms with van der Waals surface area (Å²) in [5.74, 6) is 0. The second kappa shape index (κ2) is 4.65. The Hall–Kier alpha value is -0.0500. The second-order valence-corrected chi connectivity index (χ2v) is 5.55. The van der Waals surface area contributed by atoms with Crippen LogP contribution in [0.5, 0.6) is 0 Å². The molecular formula is C11H15BrClN. The average Bonchev–Trinajstić information content (AvgIpc) is 2.00. The topological polar surface area (TPSA) is 26.0 Å². The van der Waals surface area contributed by atoms with Gasteiger partial charge < -0.3 is 5.73 Å². The van der Waals surface area contributed by atoms with Gasteiger partial charge in [-0.15, -0.1) is 0 Å². The van der Waals surface area contributed by atoms with Crippen LogP contribution in [0.3, 0.4) is 0 Å². The third-order valence-electron chi connectivity index (χ3n) is 2.05. The fourth-order valence-electron chi connectivity index (χ4n) is 1.18. The molecule has 0 radical (unpaired) electrons. The van der Waals surface area contributed by atoms with Gasteiger partial charge in [0.25, 0.3) is 0 Å². The molecule has 0 aromatic heterocycles. The molecule has 0 heterocycles. The van der Waals surface area contributed by atoms with Crippen LogP contribution in [0.1, 0.15) is 25.8 Å². The van der Waals surface area contributed by atoms with E-state index in [4.69, 9.17) is 17.3 Å². The average molecular weight is 277 g/mol. The molecule has 2 N–H and O–H groups in total. The predicted molar refractivity (Wildman–Crippen MR) is 65.7 cm³/mol. The number of aryl methyl sites for hydroxylation is 1. The monoisotopic (exact) mass is 275 g/mol. The second-order valence-electron chi connectivity index (χ2n) is 4.22. The Morgan fingerprint density at radius 1 is 1.43 bits per heavy atom. The van der Waals surface area contributed by atoms with Crippen molar-refractivity contribution < 1.29 is 0 Å². The van der Waals surface area contributed by atoms with Gasteiger partial charge in [0.2, 0.25) is 0 Å². The summed E-state index contributed by atoms with van der Waals surface area (Å²) in [6, 6.07) is 5.96. The Morgan fingerprint density at radius 3 is 2.57 bits per heavy atom. The van der Waals surface area contributed by atoms with Crippen LogP contribution in [0.15, 0.2) is 22.7 Å². The van der Waals surface area contributed by atoms with E-state index in [2.05, 4.69) is 15.9 Å². The molecule has 14 heavy (non-hydrogen) atoms. The molecule has 1 aromatic rings. The molecule has 0 aliphatic rings. The molecule has 0 amide bonds. The molecule has 0 atom stereocenters. The molecule has 3 heteroatoms. The highest BCUT2D eigenvalue weighted by Crippen LogP contribution is 2.23. The quantitative estimate of drug-likeness (QED) is 0.893. The molecule has 0 fully saturated rings. The summed E-state index contributed by atoms with van der Waals surface area (Å²) in [4.78, 5) is 0. The lowest BCUT2D eigenvalue weighted by Gasteiger charge is -2.18. The summed E-state index contributed by atoms with van der Waals surface area (Å²) in [7, 11) is 0. The first-order valence-electron chi connectivity index (χ1n) is 4.61. The third-order valence-corrected chi connectivity index (χ3v) is 2.90. The van der Waals surface area contributed by atoms with Gasteiger partial charge in [-0.3, -0.25) is 0 Å². The summed E-state index contributed by atoms with van der Waals surface area (Å²) in [6.07, 6.45) is 1.87. The summed E-state index contributed by atoms with van der Waals surface area (Å²) in [5, 5.41) is 0.809. The van der Waals surface area contributed by atoms with Gasteiger partial charge in [0.1, 0.15) is 0 Å². The molecule has 78 valence electrons. The molecule has 0 unspecified atom stereocenters. The van der Waals surface area contributed by atoms with Gasteiger partial charge >= 0.3 is 0 Å². The van der Waals surface area contributed by atoms with Crippen molar-refractivity contribution >= 4 is 27.5 Å². The summed E-state index contributed by atoms with van der Waals surface area (Å²) >= 11 is 9.47. The van der Waals surface area contributed by atoms with Crippen molar-refractivity contribution in [3.8, 4) is 0 Å². The van der Waals surface area contributed by atoms with Crippen molar-refractivity contribution in [2.45, 2.75) is 32.2 Å². The van der Waals surface area contributed by atoms with E-state index < -0.39 is 0 Å². The van der Waals surface area contributed by atoms with Gasteiger partial charge in [0, 0.05) is 15.0 Å². The van der Waals surface area contributed by atoms with Gasteiger partial charge in [-0.1, -0.05) is 33.6 Å². The van der Waals surface area contributed by atoms with Crippen molar-refractivity contribution in [1.82, 2.24) is 0 Å². The van der Waals surface area contributed by atoms with Crippen LogP contribution >= 0.6 is 27.5 Å². The summed E-state index contributed by atoms with van der Waals surface area (Å²) in [5.41, 5.74) is 6.94. The van der Waals surface area contributed by atoms with Gasteiger partial charge in [0.15, 0.2) is 0 Å². The maximum absolute atomic E-state index is 6.09. The number of benzene rings is 1. The van der Waals surface area contributed by atoms with Crippen molar-refractivity contribution in [2.24, 2.45) is 5.73 Å². The van der Waals surface area contributed by atoms with E-state index in [0.29, 0.717) is 0 Å². The van der Waals surface area contributed by atoms with E-state index in [0.717, 1.165) is 27.9 Å². The smallest absolute Gasteiger partial charge is 0.0449 e. The van der Waals surface area contributed by atoms with Gasteiger partial charge in [-0.2, -0.15) is 0 Å². The van der Waals surface area contributed by atoms with Crippen molar-refractivity contribution in [1.29, 1.82) is 0 Å². The summed E-state index contributed by atoms with van der Waals surface area (Å²) < 4.78 is 1.01. The number of nitrogens with two attached hydrogens (primary N) is 1. The van der Waals surface area contributed by atoms with Crippen LogP contribution in [0, 0.1) is 0 Å². The Bertz CT molecular complexity index is 318. The molecule has 0 bridgehead atoms. The lowest BCUT2D eigenvalue weighted by Crippen LogP contribution is -2.32. The van der Waals surface area contributed by atoms with Gasteiger partial charge in [-0.25, -0.2) is 0 Å². The van der Waals surface area contributed by atoms with E-state index in [1.165, 1.54) is 0 Å². The highest BCUT2D eigenvalue weighted by Gasteiger charge is 2.11. The molecule has 1 nitrogen and oxygen atoms in total. The Kier molecular flexibility index (Phi) is 3.99. The maximum Gasteiger partial charge on any atom is 0.0449 e. The van der Waals surface area contributed by atoms with Crippen LogP contribution in [0.4, 0.5) is 0 Å². The number of hydrogen-bond donors (Lipinski definition) is 1. The minimum Gasteiger partial charge on any atom is -0.326 e. The normalized spacial score (nSPS) is 11.8. The molecule has 0 spiro atoms. The van der Waals surface area contributed by atoms with E-state index in [9.17, 15) is 0 Å². The highest BCUT2D eigenvalue weighted by atomic mass is 79.9. The minimum absolute atomic E-state index is 0.129. The van der Waals surface area contributed by atoms with Gasteiger partial charge in [-0.05, 0) is 44.4 Å². The number of halogens is 2. The number of rotatable bonds is 3. The van der Waals surface area contributed by atoms with Gasteiger partial charge in [0.05, 0.1) is 0 Å². The zero-order valence-electron chi connectivity index (χ0n) is 8.48. The molecule has 0 aliphatic carbocycles. The van der Waals surface area contributed by atoms with Crippen molar-refractivity contribution in [3.63, 3.8) is 0 Å². The van der Waals surface area contributed by atoms with E-state index in [-0.39, 0.29) is 5.54 Å². The van der Waals surface area contributed by atoms with Crippen LogP contribution in [-0.2, 0) is 6.42 Å². The molecule has 1 rings (SSSR count). The molecule has 1 aromatic carbocycles. The van der Waals surface area contributed by atoms with Crippen LogP contribution in [0.25, 0.3) is 0 Å². The minimum atomic E-state index is -0.129. The van der Waals surface area contributed by atoms with Crippen LogP contribution in [0.2, 0.25) is 5.02 Å². The first kappa shape index (κ1) is 12.0. The zero-order valence-corrected chi connectivity index (χ0v) is 10.8. The predicted octanol–water partition coefficient (Wildman–Crippen LogP) is 3.77. The standard InChI is InChI=1S/C11H15BrClN/c1-11(2,14)6-5-8-3-4-9(12)7-10(8)13/h3-4,7H,5-6,14H2,1-2H3. The SMILES string of the molecule is CC(C)(N)CCc1ccc(Br)cc1Cl. The summed E-state index contributed by atoms with van der Waals surface area (Å²) in [6.45, 7) is 4.06. The zero-order chi connectivity index (χ0) is 10.8. The van der Waals surface area contributed by atoms with Crippen molar-refractivity contribution in [3.05, 3.63) is 33.3 Å². The third kappa shape index (κ3) is 3.99. The van der Waals surface area contributed by atoms with E-state index in [1.54, 1.807) is 0 Å². The Morgan fingerprint density at radius 2 is 2.07 bits per heavy atom. The first-order valence-corrected chi connectivity index (χ1v) is 5.78. The Labute approximate surface area is 98.8 Å². The molecule has 0 saturated carbocycles. The molecule has 0 aliphatic heterocycles. The lowest BCUT2D eigenvalue weighted by atomic mass is 9.97. The molecular weight excluding hydrogens is 261 g/mol. The highest BCUT2D eigenvalue weighted by molar-refractivity contribution is 9.10.